The van der Waals surface area contributed by atoms with E-state index in [9.17, 15) is 4.79 Å². The zero-order chi connectivity index (χ0) is 12.5. The number of ether oxygens (including phenoxy) is 2. The third kappa shape index (κ3) is 2.78. The van der Waals surface area contributed by atoms with E-state index in [0.29, 0.717) is 5.75 Å². The van der Waals surface area contributed by atoms with Crippen molar-refractivity contribution in [1.82, 2.24) is 4.98 Å². The van der Waals surface area contributed by atoms with Crippen LogP contribution in [0.15, 0.2) is 30.5 Å². The highest BCUT2D eigenvalue weighted by atomic mass is 16.7. The number of hydrogen-bond acceptors (Lipinski definition) is 3. The molecule has 0 aliphatic carbocycles. The van der Waals surface area contributed by atoms with E-state index in [2.05, 4.69) is 4.98 Å². The molecule has 17 heavy (non-hydrogen) atoms. The Bertz CT molecular complexity index is 537. The highest BCUT2D eigenvalue weighted by Crippen LogP contribution is 2.25. The summed E-state index contributed by atoms with van der Waals surface area (Å²) < 4.78 is 10.2. The molecule has 1 aromatic heterocycles. The number of aromatic amines is 1. The number of fused-ring (bicyclic) bond motifs is 1. The summed E-state index contributed by atoms with van der Waals surface area (Å²) in [6.45, 7) is 5.39. The Hall–Kier alpha value is -1.97. The van der Waals surface area contributed by atoms with Crippen molar-refractivity contribution >= 4 is 17.1 Å². The van der Waals surface area contributed by atoms with Crippen LogP contribution < -0.4 is 4.74 Å². The first-order valence-corrected chi connectivity index (χ1v) is 5.43. The molecule has 90 valence electrons. The first-order valence-electron chi connectivity index (χ1n) is 5.43. The molecule has 0 saturated carbocycles. The van der Waals surface area contributed by atoms with Gasteiger partial charge in [-0.3, -0.25) is 0 Å². The molecule has 0 aliphatic rings. The predicted molar refractivity (Wildman–Crippen MR) is 65.2 cm³/mol. The maximum Gasteiger partial charge on any atom is 0.514 e. The zero-order valence-electron chi connectivity index (χ0n) is 10.1. The van der Waals surface area contributed by atoms with Gasteiger partial charge in [-0.05, 0) is 32.9 Å². The van der Waals surface area contributed by atoms with Gasteiger partial charge in [-0.15, -0.1) is 0 Å². The van der Waals surface area contributed by atoms with Gasteiger partial charge in [0.25, 0.3) is 0 Å². The van der Waals surface area contributed by atoms with Gasteiger partial charge in [0.2, 0.25) is 0 Å². The van der Waals surface area contributed by atoms with Crippen LogP contribution in [0, 0.1) is 0 Å². The molecule has 2 rings (SSSR count). The van der Waals surface area contributed by atoms with E-state index in [0.717, 1.165) is 10.9 Å². The number of hydrogen-bond donors (Lipinski definition) is 1. The number of nitrogens with one attached hydrogen (secondary N) is 1. The quantitative estimate of drug-likeness (QED) is 0.767. The second-order valence-electron chi connectivity index (χ2n) is 4.77. The molecular formula is C13H15NO3. The van der Waals surface area contributed by atoms with E-state index >= 15 is 0 Å². The van der Waals surface area contributed by atoms with Crippen LogP contribution >= 0.6 is 0 Å². The van der Waals surface area contributed by atoms with Crippen LogP contribution in [0.4, 0.5) is 4.79 Å². The van der Waals surface area contributed by atoms with Crippen LogP contribution in [-0.4, -0.2) is 16.7 Å². The summed E-state index contributed by atoms with van der Waals surface area (Å²) in [4.78, 5) is 14.5. The van der Waals surface area contributed by atoms with Crippen molar-refractivity contribution in [2.24, 2.45) is 0 Å². The standard InChI is InChI=1S/C13H15NO3/c1-13(2,3)17-12(15)16-11-8-14-10-7-5-4-6-9(10)11/h4-8,14H,1-3H3. The largest absolute Gasteiger partial charge is 0.514 e. The third-order valence-corrected chi connectivity index (χ3v) is 2.13. The van der Waals surface area contributed by atoms with E-state index in [4.69, 9.17) is 9.47 Å². The first kappa shape index (κ1) is 11.5. The van der Waals surface area contributed by atoms with Crippen molar-refractivity contribution in [3.05, 3.63) is 30.5 Å². The van der Waals surface area contributed by atoms with Crippen LogP contribution in [0.1, 0.15) is 20.8 Å². The van der Waals surface area contributed by atoms with E-state index in [1.54, 1.807) is 27.0 Å². The number of para-hydroxylation sites is 1. The lowest BCUT2D eigenvalue weighted by molar-refractivity contribution is 0.0209. The fourth-order valence-electron chi connectivity index (χ4n) is 1.49. The van der Waals surface area contributed by atoms with Gasteiger partial charge in [-0.25, -0.2) is 4.79 Å². The van der Waals surface area contributed by atoms with Crippen molar-refractivity contribution in [1.29, 1.82) is 0 Å². The normalized spacial score (nSPS) is 11.5. The molecule has 0 atom stereocenters. The Kier molecular flexibility index (Phi) is 2.79. The topological polar surface area (TPSA) is 51.3 Å². The van der Waals surface area contributed by atoms with Crippen LogP contribution in [0.2, 0.25) is 0 Å². The Morgan fingerprint density at radius 3 is 2.65 bits per heavy atom. The highest BCUT2D eigenvalue weighted by molar-refractivity contribution is 5.87. The van der Waals surface area contributed by atoms with Gasteiger partial charge in [-0.1, -0.05) is 12.1 Å². The van der Waals surface area contributed by atoms with Gasteiger partial charge in [0.05, 0.1) is 0 Å². The van der Waals surface area contributed by atoms with Crippen molar-refractivity contribution in [2.75, 3.05) is 0 Å². The molecule has 0 fully saturated rings. The Morgan fingerprint density at radius 2 is 1.94 bits per heavy atom. The summed E-state index contributed by atoms with van der Waals surface area (Å²) in [5, 5.41) is 0.860. The monoisotopic (exact) mass is 233 g/mol. The lowest BCUT2D eigenvalue weighted by Gasteiger charge is -2.18. The number of carbonyl (C=O) groups excluding carboxylic acids is 1. The molecule has 0 aliphatic heterocycles. The van der Waals surface area contributed by atoms with Gasteiger partial charge in [-0.2, -0.15) is 0 Å². The maximum atomic E-state index is 11.5. The fraction of sp³-hybridized carbons (Fsp3) is 0.308. The summed E-state index contributed by atoms with van der Waals surface area (Å²) >= 11 is 0. The molecule has 0 radical (unpaired) electrons. The molecule has 4 nitrogen and oxygen atoms in total. The molecule has 0 saturated heterocycles. The van der Waals surface area contributed by atoms with E-state index < -0.39 is 11.8 Å². The molecule has 2 aromatic rings. The second kappa shape index (κ2) is 4.13. The average molecular weight is 233 g/mol. The Morgan fingerprint density at radius 1 is 1.24 bits per heavy atom. The van der Waals surface area contributed by atoms with Gasteiger partial charge in [0, 0.05) is 17.1 Å². The molecule has 0 spiro atoms. The molecule has 0 bridgehead atoms. The summed E-state index contributed by atoms with van der Waals surface area (Å²) in [6, 6.07) is 7.59. The zero-order valence-corrected chi connectivity index (χ0v) is 10.1. The molecule has 1 aromatic carbocycles. The van der Waals surface area contributed by atoms with E-state index in [1.165, 1.54) is 0 Å². The number of benzene rings is 1. The minimum atomic E-state index is -0.692. The van der Waals surface area contributed by atoms with Gasteiger partial charge >= 0.3 is 6.16 Å². The van der Waals surface area contributed by atoms with Crippen molar-refractivity contribution in [2.45, 2.75) is 26.4 Å². The lowest BCUT2D eigenvalue weighted by Crippen LogP contribution is -2.25. The fourth-order valence-corrected chi connectivity index (χ4v) is 1.49. The van der Waals surface area contributed by atoms with E-state index in [1.807, 2.05) is 24.3 Å². The van der Waals surface area contributed by atoms with Crippen molar-refractivity contribution < 1.29 is 14.3 Å². The molecule has 1 N–H and O–H groups in total. The predicted octanol–water partition coefficient (Wildman–Crippen LogP) is 3.48. The number of carbonyl (C=O) groups is 1. The van der Waals surface area contributed by atoms with Crippen LogP contribution in [0.3, 0.4) is 0 Å². The average Bonchev–Trinajstić information content (AvgIpc) is 2.59. The molecule has 1 heterocycles. The van der Waals surface area contributed by atoms with Crippen LogP contribution in [0.5, 0.6) is 5.75 Å². The first-order chi connectivity index (χ1) is 7.96. The third-order valence-electron chi connectivity index (χ3n) is 2.13. The van der Waals surface area contributed by atoms with Crippen LogP contribution in [-0.2, 0) is 4.74 Å². The summed E-state index contributed by atoms with van der Waals surface area (Å²) in [5.41, 5.74) is 0.370. The van der Waals surface area contributed by atoms with Gasteiger partial charge in [0.1, 0.15) is 5.60 Å². The SMILES string of the molecule is CC(C)(C)OC(=O)Oc1c[nH]c2ccccc12. The maximum absolute atomic E-state index is 11.5. The van der Waals surface area contributed by atoms with Crippen molar-refractivity contribution in [3.63, 3.8) is 0 Å². The number of H-pyrrole nitrogens is 1. The molecular weight excluding hydrogens is 218 g/mol. The Labute approximate surface area is 99.5 Å². The number of rotatable bonds is 1. The molecule has 0 unspecified atom stereocenters. The van der Waals surface area contributed by atoms with E-state index in [-0.39, 0.29) is 0 Å². The molecule has 4 heteroatoms. The second-order valence-corrected chi connectivity index (χ2v) is 4.77. The summed E-state index contributed by atoms with van der Waals surface area (Å²) in [5.74, 6) is 0.481. The minimum Gasteiger partial charge on any atom is -0.428 e. The summed E-state index contributed by atoms with van der Waals surface area (Å²) in [6.07, 6.45) is 0.955. The minimum absolute atomic E-state index is 0.481. The highest BCUT2D eigenvalue weighted by Gasteiger charge is 2.19. The lowest BCUT2D eigenvalue weighted by atomic mass is 10.2. The Balaban J connectivity index is 2.16. The van der Waals surface area contributed by atoms with Crippen molar-refractivity contribution in [3.8, 4) is 5.75 Å². The summed E-state index contributed by atoms with van der Waals surface area (Å²) in [7, 11) is 0. The van der Waals surface area contributed by atoms with Crippen LogP contribution in [0.25, 0.3) is 10.9 Å². The van der Waals surface area contributed by atoms with Gasteiger partial charge < -0.3 is 14.5 Å². The smallest absolute Gasteiger partial charge is 0.428 e. The number of aromatic nitrogens is 1. The molecule has 0 amide bonds. The van der Waals surface area contributed by atoms with Gasteiger partial charge in [0.15, 0.2) is 5.75 Å².